The van der Waals surface area contributed by atoms with E-state index >= 15 is 0 Å². The van der Waals surface area contributed by atoms with Gasteiger partial charge in [-0.3, -0.25) is 0 Å². The number of nitriles is 1. The zero-order valence-corrected chi connectivity index (χ0v) is 17.7. The van der Waals surface area contributed by atoms with Gasteiger partial charge in [0.1, 0.15) is 21.8 Å². The molecule has 0 saturated carbocycles. The van der Waals surface area contributed by atoms with Crippen LogP contribution in [0.4, 0.5) is 0 Å². The Kier molecular flexibility index (Phi) is 5.61. The van der Waals surface area contributed by atoms with Gasteiger partial charge < -0.3 is 10.1 Å². The van der Waals surface area contributed by atoms with Gasteiger partial charge >= 0.3 is 0 Å². The summed E-state index contributed by atoms with van der Waals surface area (Å²) in [5.74, 6) is 0.603. The fourth-order valence-corrected chi connectivity index (χ4v) is 4.80. The van der Waals surface area contributed by atoms with Crippen molar-refractivity contribution in [2.45, 2.75) is 45.3 Å². The Morgan fingerprint density at radius 3 is 2.79 bits per heavy atom. The summed E-state index contributed by atoms with van der Waals surface area (Å²) in [6.07, 6.45) is 3.42. The van der Waals surface area contributed by atoms with E-state index in [-0.39, 0.29) is 6.10 Å². The van der Waals surface area contributed by atoms with E-state index in [0.29, 0.717) is 17.4 Å². The molecular formula is C23H24N4OS. The first-order valence-corrected chi connectivity index (χ1v) is 10.8. The normalized spacial score (nSPS) is 15.8. The standard InChI is InChI=1S/C23H24N4OS/c1-14(2)28-21-11-10-15(12-16(21)13-24)22-26-27-23(29-22)19-8-4-7-18-17(19)6-5-9-20(18)25-3/h4,7-8,10-12,14,20,25H,5-6,9H2,1-3H3/t20-/m0/s1. The van der Waals surface area contributed by atoms with E-state index in [9.17, 15) is 5.26 Å². The smallest absolute Gasteiger partial charge is 0.148 e. The Hall–Kier alpha value is -2.75. The van der Waals surface area contributed by atoms with Gasteiger partial charge in [0.25, 0.3) is 0 Å². The third kappa shape index (κ3) is 3.89. The molecule has 1 aliphatic rings. The van der Waals surface area contributed by atoms with Gasteiger partial charge in [0.2, 0.25) is 0 Å². The molecule has 1 atom stereocenters. The first-order chi connectivity index (χ1) is 14.1. The van der Waals surface area contributed by atoms with E-state index in [1.165, 1.54) is 23.1 Å². The van der Waals surface area contributed by atoms with Crippen LogP contribution < -0.4 is 10.1 Å². The predicted octanol–water partition coefficient (Wildman–Crippen LogP) is 5.13. The lowest BCUT2D eigenvalue weighted by atomic mass is 9.85. The van der Waals surface area contributed by atoms with Gasteiger partial charge in [-0.25, -0.2) is 0 Å². The number of ether oxygens (including phenoxy) is 1. The maximum Gasteiger partial charge on any atom is 0.148 e. The summed E-state index contributed by atoms with van der Waals surface area (Å²) in [6.45, 7) is 3.90. The summed E-state index contributed by atoms with van der Waals surface area (Å²) < 4.78 is 5.72. The highest BCUT2D eigenvalue weighted by Gasteiger charge is 2.23. The Morgan fingerprint density at radius 1 is 1.21 bits per heavy atom. The van der Waals surface area contributed by atoms with Crippen LogP contribution in [-0.4, -0.2) is 23.3 Å². The number of hydrogen-bond donors (Lipinski definition) is 1. The molecule has 1 aliphatic carbocycles. The molecule has 29 heavy (non-hydrogen) atoms. The highest BCUT2D eigenvalue weighted by molar-refractivity contribution is 7.17. The van der Waals surface area contributed by atoms with Crippen molar-refractivity contribution in [3.05, 3.63) is 53.1 Å². The lowest BCUT2D eigenvalue weighted by Crippen LogP contribution is -2.21. The number of rotatable bonds is 5. The van der Waals surface area contributed by atoms with Crippen LogP contribution in [0.5, 0.6) is 5.75 Å². The summed E-state index contributed by atoms with van der Waals surface area (Å²) in [4.78, 5) is 0. The third-order valence-electron chi connectivity index (χ3n) is 5.22. The van der Waals surface area contributed by atoms with Crippen LogP contribution >= 0.6 is 11.3 Å². The molecule has 0 fully saturated rings. The minimum absolute atomic E-state index is 0.0202. The summed E-state index contributed by atoms with van der Waals surface area (Å²) in [5.41, 5.74) is 5.32. The topological polar surface area (TPSA) is 70.8 Å². The molecule has 2 aromatic carbocycles. The molecule has 0 bridgehead atoms. The van der Waals surface area contributed by atoms with Crippen LogP contribution in [0.2, 0.25) is 0 Å². The summed E-state index contributed by atoms with van der Waals surface area (Å²) in [6, 6.07) is 14.7. The van der Waals surface area contributed by atoms with E-state index in [2.05, 4.69) is 39.8 Å². The molecule has 1 aromatic heterocycles. The van der Waals surface area contributed by atoms with Gasteiger partial charge in [-0.1, -0.05) is 29.5 Å². The Balaban J connectivity index is 1.69. The van der Waals surface area contributed by atoms with Crippen LogP contribution in [0.15, 0.2) is 36.4 Å². The molecule has 0 radical (unpaired) electrons. The lowest BCUT2D eigenvalue weighted by Gasteiger charge is -2.26. The van der Waals surface area contributed by atoms with Gasteiger partial charge in [0, 0.05) is 17.2 Å². The molecule has 3 aromatic rings. The molecule has 0 amide bonds. The average Bonchev–Trinajstić information content (AvgIpc) is 3.22. The van der Waals surface area contributed by atoms with Crippen molar-refractivity contribution in [3.63, 3.8) is 0 Å². The summed E-state index contributed by atoms with van der Waals surface area (Å²) in [5, 5.41) is 23.6. The van der Waals surface area contributed by atoms with Gasteiger partial charge in [0.05, 0.1) is 11.7 Å². The monoisotopic (exact) mass is 404 g/mol. The fraction of sp³-hybridized carbons (Fsp3) is 0.348. The minimum atomic E-state index is 0.0202. The first kappa shape index (κ1) is 19.6. The zero-order chi connectivity index (χ0) is 20.4. The second-order valence-corrected chi connectivity index (χ2v) is 8.49. The second-order valence-electron chi connectivity index (χ2n) is 7.51. The van der Waals surface area contributed by atoms with Gasteiger partial charge in [-0.2, -0.15) is 5.26 Å². The molecule has 4 rings (SSSR count). The van der Waals surface area contributed by atoms with E-state index < -0.39 is 0 Å². The van der Waals surface area contributed by atoms with Crippen molar-refractivity contribution >= 4 is 11.3 Å². The predicted molar refractivity (Wildman–Crippen MR) is 116 cm³/mol. The van der Waals surface area contributed by atoms with Gasteiger partial charge in [-0.05, 0) is 69.5 Å². The third-order valence-corrected chi connectivity index (χ3v) is 6.23. The first-order valence-electron chi connectivity index (χ1n) is 9.94. The van der Waals surface area contributed by atoms with Crippen molar-refractivity contribution in [3.8, 4) is 33.0 Å². The largest absolute Gasteiger partial charge is 0.490 e. The SMILES string of the molecule is CN[C@H]1CCCc2c(-c3nnc(-c4ccc(OC(C)C)c(C#N)c4)s3)cccc21. The lowest BCUT2D eigenvalue weighted by molar-refractivity contribution is 0.242. The van der Waals surface area contributed by atoms with E-state index in [4.69, 9.17) is 4.74 Å². The minimum Gasteiger partial charge on any atom is -0.490 e. The molecule has 1 N–H and O–H groups in total. The van der Waals surface area contributed by atoms with Crippen molar-refractivity contribution in [1.82, 2.24) is 15.5 Å². The Morgan fingerprint density at radius 2 is 2.03 bits per heavy atom. The molecule has 0 aliphatic heterocycles. The number of fused-ring (bicyclic) bond motifs is 1. The molecule has 5 nitrogen and oxygen atoms in total. The Bertz CT molecular complexity index is 1070. The van der Waals surface area contributed by atoms with Gasteiger partial charge in [-0.15, -0.1) is 10.2 Å². The van der Waals surface area contributed by atoms with E-state index in [1.54, 1.807) is 11.3 Å². The zero-order valence-electron chi connectivity index (χ0n) is 16.9. The van der Waals surface area contributed by atoms with Crippen LogP contribution in [0.1, 0.15) is 49.4 Å². The van der Waals surface area contributed by atoms with E-state index in [1.807, 2.05) is 39.1 Å². The fourth-order valence-electron chi connectivity index (χ4n) is 3.90. The molecular weight excluding hydrogens is 380 g/mol. The van der Waals surface area contributed by atoms with Crippen LogP contribution in [-0.2, 0) is 6.42 Å². The summed E-state index contributed by atoms with van der Waals surface area (Å²) >= 11 is 1.57. The molecule has 148 valence electrons. The maximum atomic E-state index is 9.50. The highest BCUT2D eigenvalue weighted by atomic mass is 32.1. The highest BCUT2D eigenvalue weighted by Crippen LogP contribution is 2.39. The van der Waals surface area contributed by atoms with Gasteiger partial charge in [0.15, 0.2) is 0 Å². The number of nitrogens with zero attached hydrogens (tertiary/aromatic N) is 3. The quantitative estimate of drug-likeness (QED) is 0.638. The molecule has 0 unspecified atom stereocenters. The average molecular weight is 405 g/mol. The van der Waals surface area contributed by atoms with Crippen molar-refractivity contribution in [1.29, 1.82) is 5.26 Å². The molecule has 6 heteroatoms. The van der Waals surface area contributed by atoms with Crippen molar-refractivity contribution < 1.29 is 4.74 Å². The maximum absolute atomic E-state index is 9.50. The van der Waals surface area contributed by atoms with Crippen molar-refractivity contribution in [2.24, 2.45) is 0 Å². The molecule has 0 spiro atoms. The van der Waals surface area contributed by atoms with Crippen molar-refractivity contribution in [2.75, 3.05) is 7.05 Å². The van der Waals surface area contributed by atoms with Crippen LogP contribution in [0.3, 0.4) is 0 Å². The number of hydrogen-bond acceptors (Lipinski definition) is 6. The Labute approximate surface area is 175 Å². The number of nitrogens with one attached hydrogen (secondary N) is 1. The van der Waals surface area contributed by atoms with Crippen LogP contribution in [0, 0.1) is 11.3 Å². The van der Waals surface area contributed by atoms with Crippen LogP contribution in [0.25, 0.3) is 21.1 Å². The summed E-state index contributed by atoms with van der Waals surface area (Å²) in [7, 11) is 2.02. The van der Waals surface area contributed by atoms with E-state index in [0.717, 1.165) is 28.4 Å². The number of benzene rings is 2. The second kappa shape index (κ2) is 8.32. The molecule has 1 heterocycles. The number of aromatic nitrogens is 2. The molecule has 0 saturated heterocycles.